The van der Waals surface area contributed by atoms with Crippen molar-refractivity contribution in [2.75, 3.05) is 17.2 Å². The van der Waals surface area contributed by atoms with Gasteiger partial charge in [0.05, 0.1) is 18.0 Å². The minimum atomic E-state index is -0.519. The third-order valence-electron chi connectivity index (χ3n) is 2.60. The van der Waals surface area contributed by atoms with E-state index >= 15 is 0 Å². The number of amides is 1. The highest BCUT2D eigenvalue weighted by Crippen LogP contribution is 2.29. The summed E-state index contributed by atoms with van der Waals surface area (Å²) in [6.45, 7) is 2.04. The summed E-state index contributed by atoms with van der Waals surface area (Å²) in [5.41, 5.74) is 2.01. The van der Waals surface area contributed by atoms with Crippen molar-refractivity contribution in [2.45, 2.75) is 6.92 Å². The smallest absolute Gasteiger partial charge is 0.411 e. The zero-order chi connectivity index (χ0) is 15.2. The summed E-state index contributed by atoms with van der Waals surface area (Å²) < 4.78 is 4.87. The van der Waals surface area contributed by atoms with Gasteiger partial charge in [-0.3, -0.25) is 5.32 Å². The first-order chi connectivity index (χ1) is 10.1. The summed E-state index contributed by atoms with van der Waals surface area (Å²) in [6.07, 6.45) is -0.519. The number of rotatable bonds is 4. The van der Waals surface area contributed by atoms with Crippen LogP contribution >= 0.6 is 23.2 Å². The first-order valence-electron chi connectivity index (χ1n) is 6.34. The lowest BCUT2D eigenvalue weighted by Gasteiger charge is -2.13. The van der Waals surface area contributed by atoms with Crippen LogP contribution in [0.4, 0.5) is 21.9 Å². The molecule has 0 aliphatic rings. The predicted octanol–water partition coefficient (Wildman–Crippen LogP) is 5.31. The molecule has 0 fully saturated rings. The molecule has 6 heteroatoms. The van der Waals surface area contributed by atoms with E-state index in [1.807, 2.05) is 12.1 Å². The van der Waals surface area contributed by atoms with Gasteiger partial charge in [-0.25, -0.2) is 4.79 Å². The lowest BCUT2D eigenvalue weighted by Crippen LogP contribution is -2.14. The van der Waals surface area contributed by atoms with Gasteiger partial charge in [0.2, 0.25) is 0 Å². The van der Waals surface area contributed by atoms with Crippen LogP contribution in [0.25, 0.3) is 0 Å². The maximum atomic E-state index is 11.5. The van der Waals surface area contributed by atoms with Gasteiger partial charge in [0.15, 0.2) is 0 Å². The van der Waals surface area contributed by atoms with E-state index in [1.165, 1.54) is 0 Å². The van der Waals surface area contributed by atoms with Crippen LogP contribution in [0.5, 0.6) is 0 Å². The number of carbonyl (C=O) groups is 1. The lowest BCUT2D eigenvalue weighted by atomic mass is 10.2. The molecule has 21 heavy (non-hydrogen) atoms. The van der Waals surface area contributed by atoms with Crippen LogP contribution in [0.2, 0.25) is 10.0 Å². The fourth-order valence-electron chi connectivity index (χ4n) is 1.73. The number of halogens is 2. The Hall–Kier alpha value is -1.91. The van der Waals surface area contributed by atoms with E-state index in [1.54, 1.807) is 37.3 Å². The van der Waals surface area contributed by atoms with E-state index in [0.29, 0.717) is 28.0 Å². The Morgan fingerprint density at radius 3 is 2.57 bits per heavy atom. The molecule has 0 heterocycles. The van der Waals surface area contributed by atoms with Crippen molar-refractivity contribution < 1.29 is 9.53 Å². The second kappa shape index (κ2) is 7.20. The van der Waals surface area contributed by atoms with Crippen LogP contribution in [0.3, 0.4) is 0 Å². The molecule has 0 radical (unpaired) electrons. The molecule has 0 unspecified atom stereocenters. The fraction of sp³-hybridized carbons (Fsp3) is 0.133. The molecule has 2 aromatic rings. The SMILES string of the molecule is CCOC(=O)Nc1ccc(Cl)cc1Nc1cccc(Cl)c1. The maximum absolute atomic E-state index is 11.5. The largest absolute Gasteiger partial charge is 0.450 e. The van der Waals surface area contributed by atoms with Gasteiger partial charge in [0.25, 0.3) is 0 Å². The molecule has 0 aliphatic carbocycles. The van der Waals surface area contributed by atoms with Crippen LogP contribution in [0.1, 0.15) is 6.92 Å². The summed E-state index contributed by atoms with van der Waals surface area (Å²) in [5, 5.41) is 6.98. The molecule has 0 aliphatic heterocycles. The van der Waals surface area contributed by atoms with Gasteiger partial charge in [-0.05, 0) is 43.3 Å². The van der Waals surface area contributed by atoms with Gasteiger partial charge in [-0.15, -0.1) is 0 Å². The second-order valence-corrected chi connectivity index (χ2v) is 5.04. The molecule has 2 rings (SSSR count). The molecule has 0 saturated heterocycles. The van der Waals surface area contributed by atoms with Crippen molar-refractivity contribution >= 4 is 46.4 Å². The summed E-state index contributed by atoms with van der Waals surface area (Å²) in [6, 6.07) is 12.3. The van der Waals surface area contributed by atoms with Gasteiger partial charge in [-0.2, -0.15) is 0 Å². The van der Waals surface area contributed by atoms with E-state index in [9.17, 15) is 4.79 Å². The van der Waals surface area contributed by atoms with Crippen LogP contribution < -0.4 is 10.6 Å². The van der Waals surface area contributed by atoms with Gasteiger partial charge >= 0.3 is 6.09 Å². The van der Waals surface area contributed by atoms with Crippen LogP contribution in [0, 0.1) is 0 Å². The first-order valence-corrected chi connectivity index (χ1v) is 7.10. The van der Waals surface area contributed by atoms with E-state index in [4.69, 9.17) is 27.9 Å². The van der Waals surface area contributed by atoms with Crippen LogP contribution in [-0.4, -0.2) is 12.7 Å². The average Bonchev–Trinajstić information content (AvgIpc) is 2.42. The highest BCUT2D eigenvalue weighted by molar-refractivity contribution is 6.31. The van der Waals surface area contributed by atoms with E-state index in [0.717, 1.165) is 5.69 Å². The van der Waals surface area contributed by atoms with E-state index in [-0.39, 0.29) is 0 Å². The number of ether oxygens (including phenoxy) is 1. The number of hydrogen-bond acceptors (Lipinski definition) is 3. The van der Waals surface area contributed by atoms with Crippen molar-refractivity contribution in [2.24, 2.45) is 0 Å². The van der Waals surface area contributed by atoms with Gasteiger partial charge in [0, 0.05) is 15.7 Å². The average molecular weight is 325 g/mol. The topological polar surface area (TPSA) is 50.4 Å². The molecule has 0 spiro atoms. The zero-order valence-corrected chi connectivity index (χ0v) is 12.8. The van der Waals surface area contributed by atoms with Crippen molar-refractivity contribution in [3.05, 3.63) is 52.5 Å². The Balaban J connectivity index is 2.24. The highest BCUT2D eigenvalue weighted by atomic mass is 35.5. The molecule has 1 amide bonds. The Morgan fingerprint density at radius 2 is 1.86 bits per heavy atom. The Morgan fingerprint density at radius 1 is 1.10 bits per heavy atom. The molecule has 0 aromatic heterocycles. The molecular formula is C15H14Cl2N2O2. The van der Waals surface area contributed by atoms with Gasteiger partial charge in [-0.1, -0.05) is 29.3 Å². The third-order valence-corrected chi connectivity index (χ3v) is 3.07. The Kier molecular flexibility index (Phi) is 5.31. The first kappa shape index (κ1) is 15.5. The lowest BCUT2D eigenvalue weighted by molar-refractivity contribution is 0.168. The zero-order valence-electron chi connectivity index (χ0n) is 11.3. The summed E-state index contributed by atoms with van der Waals surface area (Å²) in [4.78, 5) is 11.5. The number of nitrogens with one attached hydrogen (secondary N) is 2. The standard InChI is InChI=1S/C15H14Cl2N2O2/c1-2-21-15(20)19-13-7-6-11(17)9-14(13)18-12-5-3-4-10(16)8-12/h3-9,18H,2H2,1H3,(H,19,20). The molecule has 4 nitrogen and oxygen atoms in total. The van der Waals surface area contributed by atoms with Crippen molar-refractivity contribution in [1.82, 2.24) is 0 Å². The van der Waals surface area contributed by atoms with Gasteiger partial charge < -0.3 is 10.1 Å². The van der Waals surface area contributed by atoms with Crippen LogP contribution in [0.15, 0.2) is 42.5 Å². The van der Waals surface area contributed by atoms with Crippen molar-refractivity contribution in [3.63, 3.8) is 0 Å². The molecule has 0 bridgehead atoms. The van der Waals surface area contributed by atoms with Crippen molar-refractivity contribution in [1.29, 1.82) is 0 Å². The predicted molar refractivity (Wildman–Crippen MR) is 86.8 cm³/mol. The summed E-state index contributed by atoms with van der Waals surface area (Å²) in [7, 11) is 0. The van der Waals surface area contributed by atoms with E-state index < -0.39 is 6.09 Å². The Labute approximate surface area is 133 Å². The summed E-state index contributed by atoms with van der Waals surface area (Å²) >= 11 is 12.0. The molecule has 2 N–H and O–H groups in total. The molecule has 2 aromatic carbocycles. The second-order valence-electron chi connectivity index (χ2n) is 4.17. The van der Waals surface area contributed by atoms with Crippen molar-refractivity contribution in [3.8, 4) is 0 Å². The minimum absolute atomic E-state index is 0.302. The highest BCUT2D eigenvalue weighted by Gasteiger charge is 2.08. The quantitative estimate of drug-likeness (QED) is 0.801. The normalized spacial score (nSPS) is 10.0. The monoisotopic (exact) mass is 324 g/mol. The molecule has 110 valence electrons. The third kappa shape index (κ3) is 4.55. The summed E-state index contributed by atoms with van der Waals surface area (Å²) in [5.74, 6) is 0. The number of anilines is 3. The maximum Gasteiger partial charge on any atom is 0.411 e. The fourth-order valence-corrected chi connectivity index (χ4v) is 2.09. The number of benzene rings is 2. The number of hydrogen-bond donors (Lipinski definition) is 2. The molecular weight excluding hydrogens is 311 g/mol. The molecule has 0 saturated carbocycles. The Bertz CT molecular complexity index is 647. The minimum Gasteiger partial charge on any atom is -0.450 e. The van der Waals surface area contributed by atoms with Gasteiger partial charge in [0.1, 0.15) is 0 Å². The van der Waals surface area contributed by atoms with E-state index in [2.05, 4.69) is 10.6 Å². The number of carbonyl (C=O) groups excluding carboxylic acids is 1. The molecule has 0 atom stereocenters. The van der Waals surface area contributed by atoms with Crippen LogP contribution in [-0.2, 0) is 4.74 Å².